The molecule has 2 N–H and O–H groups in total. The lowest BCUT2D eigenvalue weighted by molar-refractivity contribution is 0.304. The highest BCUT2D eigenvalue weighted by Crippen LogP contribution is 2.17. The second-order valence-corrected chi connectivity index (χ2v) is 5.45. The van der Waals surface area contributed by atoms with E-state index in [1.165, 1.54) is 38.5 Å². The Morgan fingerprint density at radius 1 is 1.05 bits per heavy atom. The van der Waals surface area contributed by atoms with Crippen LogP contribution >= 0.6 is 0 Å². The van der Waals surface area contributed by atoms with Gasteiger partial charge in [0.05, 0.1) is 13.2 Å². The highest BCUT2D eigenvalue weighted by Gasteiger charge is 1.99. The van der Waals surface area contributed by atoms with Crippen LogP contribution in [0, 0.1) is 18.8 Å². The summed E-state index contributed by atoms with van der Waals surface area (Å²) in [6.07, 6.45) is 9.16. The van der Waals surface area contributed by atoms with Crippen molar-refractivity contribution in [3.8, 4) is 17.6 Å². The van der Waals surface area contributed by atoms with Gasteiger partial charge in [0.2, 0.25) is 0 Å². The summed E-state index contributed by atoms with van der Waals surface area (Å²) in [4.78, 5) is 0. The SMILES string of the molecule is CCCCCCCCCOc1ccc(C#CCN)c(C)c1. The Hall–Kier alpha value is -1.46. The van der Waals surface area contributed by atoms with Gasteiger partial charge in [0.25, 0.3) is 0 Å². The first-order valence-electron chi connectivity index (χ1n) is 8.20. The number of nitrogens with two attached hydrogens (primary N) is 1. The van der Waals surface area contributed by atoms with Crippen LogP contribution in [0.3, 0.4) is 0 Å². The summed E-state index contributed by atoms with van der Waals surface area (Å²) in [6.45, 7) is 5.51. The molecule has 0 radical (unpaired) electrons. The summed E-state index contributed by atoms with van der Waals surface area (Å²) >= 11 is 0. The molecule has 0 aromatic heterocycles. The molecule has 0 spiro atoms. The average Bonchev–Trinajstić information content (AvgIpc) is 2.49. The monoisotopic (exact) mass is 287 g/mol. The van der Waals surface area contributed by atoms with E-state index in [9.17, 15) is 0 Å². The molecule has 1 aromatic carbocycles. The Kier molecular flexibility index (Phi) is 9.40. The van der Waals surface area contributed by atoms with Crippen molar-refractivity contribution in [1.82, 2.24) is 0 Å². The highest BCUT2D eigenvalue weighted by molar-refractivity contribution is 5.44. The summed E-state index contributed by atoms with van der Waals surface area (Å²) in [5, 5.41) is 0. The van der Waals surface area contributed by atoms with E-state index in [2.05, 4.69) is 31.8 Å². The molecule has 1 aromatic rings. The first-order valence-corrected chi connectivity index (χ1v) is 8.20. The molecule has 0 amide bonds. The van der Waals surface area contributed by atoms with Crippen LogP contribution < -0.4 is 10.5 Å². The van der Waals surface area contributed by atoms with Gasteiger partial charge in [-0.1, -0.05) is 57.3 Å². The van der Waals surface area contributed by atoms with Crippen molar-refractivity contribution >= 4 is 0 Å². The molecule has 0 saturated heterocycles. The van der Waals surface area contributed by atoms with E-state index in [1.54, 1.807) is 0 Å². The lowest BCUT2D eigenvalue weighted by atomic mass is 10.1. The standard InChI is InChI=1S/C19H29NO/c1-3-4-5-6-7-8-9-15-21-19-13-12-18(11-10-14-20)17(2)16-19/h12-13,16H,3-9,14-15,20H2,1-2H3. The van der Waals surface area contributed by atoms with Crippen molar-refractivity contribution < 1.29 is 4.74 Å². The van der Waals surface area contributed by atoms with Crippen LogP contribution in [0.4, 0.5) is 0 Å². The molecule has 0 unspecified atom stereocenters. The number of aryl methyl sites for hydroxylation is 1. The quantitative estimate of drug-likeness (QED) is 0.538. The third-order valence-electron chi connectivity index (χ3n) is 3.54. The van der Waals surface area contributed by atoms with Crippen LogP contribution in [-0.4, -0.2) is 13.2 Å². The molecule has 0 bridgehead atoms. The number of hydrogen-bond acceptors (Lipinski definition) is 2. The van der Waals surface area contributed by atoms with Crippen molar-refractivity contribution in [3.05, 3.63) is 29.3 Å². The van der Waals surface area contributed by atoms with Crippen LogP contribution in [0.15, 0.2) is 18.2 Å². The Balaban J connectivity index is 2.22. The fraction of sp³-hybridized carbons (Fsp3) is 0.579. The second-order valence-electron chi connectivity index (χ2n) is 5.45. The van der Waals surface area contributed by atoms with Crippen molar-refractivity contribution in [2.45, 2.75) is 58.8 Å². The first-order chi connectivity index (χ1) is 10.3. The minimum Gasteiger partial charge on any atom is -0.494 e. The van der Waals surface area contributed by atoms with Crippen LogP contribution in [0.1, 0.15) is 63.0 Å². The van der Waals surface area contributed by atoms with Crippen LogP contribution in [0.2, 0.25) is 0 Å². The maximum Gasteiger partial charge on any atom is 0.119 e. The van der Waals surface area contributed by atoms with Gasteiger partial charge in [0, 0.05) is 5.56 Å². The molecule has 0 heterocycles. The van der Waals surface area contributed by atoms with Crippen LogP contribution in [0.25, 0.3) is 0 Å². The summed E-state index contributed by atoms with van der Waals surface area (Å²) in [7, 11) is 0. The highest BCUT2D eigenvalue weighted by atomic mass is 16.5. The van der Waals surface area contributed by atoms with E-state index < -0.39 is 0 Å². The molecule has 0 aliphatic carbocycles. The number of ether oxygens (including phenoxy) is 1. The molecule has 0 fully saturated rings. The lowest BCUT2D eigenvalue weighted by Gasteiger charge is -2.08. The zero-order valence-corrected chi connectivity index (χ0v) is 13.6. The van der Waals surface area contributed by atoms with Gasteiger partial charge in [-0.05, 0) is 37.1 Å². The summed E-state index contributed by atoms with van der Waals surface area (Å²) < 4.78 is 5.80. The van der Waals surface area contributed by atoms with Gasteiger partial charge >= 0.3 is 0 Å². The Morgan fingerprint density at radius 3 is 2.43 bits per heavy atom. The molecule has 2 heteroatoms. The maximum absolute atomic E-state index is 5.80. The van der Waals surface area contributed by atoms with Crippen LogP contribution in [-0.2, 0) is 0 Å². The molecule has 0 saturated carbocycles. The average molecular weight is 287 g/mol. The predicted octanol–water partition coefficient (Wildman–Crippen LogP) is 4.43. The minimum absolute atomic E-state index is 0.399. The zero-order chi connectivity index (χ0) is 15.3. The van der Waals surface area contributed by atoms with Crippen molar-refractivity contribution in [1.29, 1.82) is 0 Å². The largest absolute Gasteiger partial charge is 0.494 e. The van der Waals surface area contributed by atoms with Gasteiger partial charge in [-0.15, -0.1) is 0 Å². The van der Waals surface area contributed by atoms with Gasteiger partial charge in [-0.25, -0.2) is 0 Å². The predicted molar refractivity (Wildman–Crippen MR) is 90.6 cm³/mol. The Bertz CT molecular complexity index is 456. The smallest absolute Gasteiger partial charge is 0.119 e. The molecule has 0 aliphatic heterocycles. The molecule has 2 nitrogen and oxygen atoms in total. The third-order valence-corrected chi connectivity index (χ3v) is 3.54. The van der Waals surface area contributed by atoms with E-state index in [-0.39, 0.29) is 0 Å². The van der Waals surface area contributed by atoms with E-state index >= 15 is 0 Å². The Labute approximate surface area is 130 Å². The third kappa shape index (κ3) is 7.78. The topological polar surface area (TPSA) is 35.2 Å². The summed E-state index contributed by atoms with van der Waals surface area (Å²) in [6, 6.07) is 6.06. The van der Waals surface area contributed by atoms with Gasteiger partial charge in [-0.2, -0.15) is 0 Å². The summed E-state index contributed by atoms with van der Waals surface area (Å²) in [5.41, 5.74) is 7.57. The minimum atomic E-state index is 0.399. The van der Waals surface area contributed by atoms with Gasteiger partial charge in [0.1, 0.15) is 5.75 Å². The van der Waals surface area contributed by atoms with Crippen molar-refractivity contribution in [2.75, 3.05) is 13.2 Å². The molecule has 21 heavy (non-hydrogen) atoms. The Morgan fingerprint density at radius 2 is 1.76 bits per heavy atom. The van der Waals surface area contributed by atoms with E-state index in [0.29, 0.717) is 6.54 Å². The molecule has 0 atom stereocenters. The maximum atomic E-state index is 5.80. The number of benzene rings is 1. The normalized spacial score (nSPS) is 10.0. The molecular formula is C19H29NO. The van der Waals surface area contributed by atoms with Gasteiger partial charge < -0.3 is 10.5 Å². The van der Waals surface area contributed by atoms with E-state index in [0.717, 1.165) is 29.9 Å². The molecule has 1 rings (SSSR count). The molecular weight excluding hydrogens is 258 g/mol. The van der Waals surface area contributed by atoms with E-state index in [4.69, 9.17) is 10.5 Å². The van der Waals surface area contributed by atoms with Crippen molar-refractivity contribution in [2.24, 2.45) is 5.73 Å². The summed E-state index contributed by atoms with van der Waals surface area (Å²) in [5.74, 6) is 6.89. The van der Waals surface area contributed by atoms with Gasteiger partial charge in [-0.3, -0.25) is 0 Å². The zero-order valence-electron chi connectivity index (χ0n) is 13.6. The first kappa shape index (κ1) is 17.6. The van der Waals surface area contributed by atoms with Crippen molar-refractivity contribution in [3.63, 3.8) is 0 Å². The lowest BCUT2D eigenvalue weighted by Crippen LogP contribution is -1.98. The fourth-order valence-electron chi connectivity index (χ4n) is 2.26. The van der Waals surface area contributed by atoms with E-state index in [1.807, 2.05) is 12.1 Å². The fourth-order valence-corrected chi connectivity index (χ4v) is 2.26. The number of unbranched alkanes of at least 4 members (excludes halogenated alkanes) is 6. The number of rotatable bonds is 9. The second kappa shape index (κ2) is 11.2. The van der Waals surface area contributed by atoms with Gasteiger partial charge in [0.15, 0.2) is 0 Å². The molecule has 0 aliphatic rings. The van der Waals surface area contributed by atoms with Crippen LogP contribution in [0.5, 0.6) is 5.75 Å². The molecule has 116 valence electrons. The number of hydrogen-bond donors (Lipinski definition) is 1.